The van der Waals surface area contributed by atoms with Crippen LogP contribution in [0, 0.1) is 6.92 Å². The largest absolute Gasteiger partial charge is 0.507 e. The number of aryl methyl sites for hydroxylation is 1. The molecule has 3 N–H and O–H groups in total. The summed E-state index contributed by atoms with van der Waals surface area (Å²) in [5.41, 5.74) is 8.64. The number of nitrogens with two attached hydrogens (primary N) is 1. The first-order valence-corrected chi connectivity index (χ1v) is 6.69. The summed E-state index contributed by atoms with van der Waals surface area (Å²) in [7, 11) is 0. The maximum atomic E-state index is 11.3. The number of fused-ring (bicyclic) bond motifs is 1. The molecular weight excluding hydrogens is 262 g/mol. The highest BCUT2D eigenvalue weighted by Crippen LogP contribution is 2.36. The van der Waals surface area contributed by atoms with Gasteiger partial charge in [-0.15, -0.1) is 0 Å². The molecule has 104 valence electrons. The van der Waals surface area contributed by atoms with E-state index in [9.17, 15) is 9.90 Å². The molecule has 0 aliphatic rings. The van der Waals surface area contributed by atoms with Gasteiger partial charge in [-0.2, -0.15) is 0 Å². The molecule has 21 heavy (non-hydrogen) atoms. The van der Waals surface area contributed by atoms with Crippen LogP contribution in [0.4, 0.5) is 0 Å². The van der Waals surface area contributed by atoms with Gasteiger partial charge in [-0.1, -0.05) is 42.0 Å². The van der Waals surface area contributed by atoms with E-state index in [1.165, 1.54) is 0 Å². The highest BCUT2D eigenvalue weighted by Gasteiger charge is 2.11. The van der Waals surface area contributed by atoms with Gasteiger partial charge in [-0.05, 0) is 41.5 Å². The van der Waals surface area contributed by atoms with Crippen LogP contribution in [0.1, 0.15) is 15.9 Å². The van der Waals surface area contributed by atoms with Gasteiger partial charge in [-0.3, -0.25) is 4.79 Å². The molecule has 0 heterocycles. The molecule has 0 aliphatic heterocycles. The van der Waals surface area contributed by atoms with Crippen LogP contribution in [0.15, 0.2) is 54.6 Å². The number of hydrogen-bond donors (Lipinski definition) is 2. The molecule has 0 aromatic heterocycles. The number of phenols is 1. The fourth-order valence-corrected chi connectivity index (χ4v) is 2.50. The number of benzene rings is 3. The maximum Gasteiger partial charge on any atom is 0.248 e. The smallest absolute Gasteiger partial charge is 0.248 e. The van der Waals surface area contributed by atoms with Gasteiger partial charge in [0.2, 0.25) is 5.91 Å². The third-order valence-electron chi connectivity index (χ3n) is 3.62. The molecule has 0 atom stereocenters. The second-order valence-corrected chi connectivity index (χ2v) is 5.13. The Morgan fingerprint density at radius 1 is 1.00 bits per heavy atom. The van der Waals surface area contributed by atoms with Crippen molar-refractivity contribution in [3.8, 4) is 16.9 Å². The Bertz CT molecular complexity index is 836. The highest BCUT2D eigenvalue weighted by molar-refractivity contribution is 6.03. The molecule has 3 heteroatoms. The minimum atomic E-state index is -0.457. The summed E-state index contributed by atoms with van der Waals surface area (Å²) in [6.07, 6.45) is 0. The minimum absolute atomic E-state index is 0.221. The predicted octanol–water partition coefficient (Wildman–Crippen LogP) is 3.62. The van der Waals surface area contributed by atoms with Gasteiger partial charge in [-0.25, -0.2) is 0 Å². The van der Waals surface area contributed by atoms with Crippen LogP contribution >= 0.6 is 0 Å². The molecule has 0 saturated heterocycles. The Labute approximate surface area is 122 Å². The standard InChI is InChI=1S/C18H15NO2/c1-11-2-4-12(5-3-11)17-15-8-6-14(18(19)21)10-13(15)7-9-16(17)20/h2-10,20H,1H3,(H2,19,21). The van der Waals surface area contributed by atoms with Gasteiger partial charge in [0.15, 0.2) is 0 Å². The molecule has 0 aliphatic carbocycles. The van der Waals surface area contributed by atoms with E-state index >= 15 is 0 Å². The second-order valence-electron chi connectivity index (χ2n) is 5.13. The molecule has 0 bridgehead atoms. The molecule has 3 rings (SSSR count). The van der Waals surface area contributed by atoms with Gasteiger partial charge < -0.3 is 10.8 Å². The summed E-state index contributed by atoms with van der Waals surface area (Å²) in [5.74, 6) is -0.236. The molecule has 0 spiro atoms. The zero-order valence-corrected chi connectivity index (χ0v) is 11.6. The number of carbonyl (C=O) groups is 1. The van der Waals surface area contributed by atoms with Crippen molar-refractivity contribution in [1.82, 2.24) is 0 Å². The number of carbonyl (C=O) groups excluding carboxylic acids is 1. The summed E-state index contributed by atoms with van der Waals surface area (Å²) in [6.45, 7) is 2.02. The van der Waals surface area contributed by atoms with E-state index < -0.39 is 5.91 Å². The van der Waals surface area contributed by atoms with Crippen LogP contribution in [-0.2, 0) is 0 Å². The zero-order valence-electron chi connectivity index (χ0n) is 11.6. The van der Waals surface area contributed by atoms with Crippen molar-refractivity contribution >= 4 is 16.7 Å². The molecule has 3 nitrogen and oxygen atoms in total. The highest BCUT2D eigenvalue weighted by atomic mass is 16.3. The van der Waals surface area contributed by atoms with Gasteiger partial charge in [0.1, 0.15) is 5.75 Å². The Hall–Kier alpha value is -2.81. The van der Waals surface area contributed by atoms with Crippen LogP contribution in [0.25, 0.3) is 21.9 Å². The van der Waals surface area contributed by atoms with E-state index in [2.05, 4.69) is 0 Å². The lowest BCUT2D eigenvalue weighted by molar-refractivity contribution is 0.100. The molecular formula is C18H15NO2. The fraction of sp³-hybridized carbons (Fsp3) is 0.0556. The molecule has 3 aromatic carbocycles. The van der Waals surface area contributed by atoms with E-state index in [0.717, 1.165) is 27.5 Å². The number of primary amides is 1. The Kier molecular flexibility index (Phi) is 3.10. The van der Waals surface area contributed by atoms with Gasteiger partial charge in [0.05, 0.1) is 0 Å². The predicted molar refractivity (Wildman–Crippen MR) is 84.3 cm³/mol. The fourth-order valence-electron chi connectivity index (χ4n) is 2.50. The van der Waals surface area contributed by atoms with Crippen molar-refractivity contribution < 1.29 is 9.90 Å². The van der Waals surface area contributed by atoms with Crippen LogP contribution in [0.5, 0.6) is 5.75 Å². The number of hydrogen-bond acceptors (Lipinski definition) is 2. The number of rotatable bonds is 2. The quantitative estimate of drug-likeness (QED) is 0.751. The lowest BCUT2D eigenvalue weighted by Gasteiger charge is -2.10. The number of amides is 1. The molecule has 3 aromatic rings. The van der Waals surface area contributed by atoms with Gasteiger partial charge in [0.25, 0.3) is 0 Å². The van der Waals surface area contributed by atoms with Crippen molar-refractivity contribution in [1.29, 1.82) is 0 Å². The van der Waals surface area contributed by atoms with E-state index in [-0.39, 0.29) is 5.75 Å². The minimum Gasteiger partial charge on any atom is -0.507 e. The normalized spacial score (nSPS) is 10.7. The van der Waals surface area contributed by atoms with Crippen molar-refractivity contribution in [2.24, 2.45) is 5.73 Å². The summed E-state index contributed by atoms with van der Waals surface area (Å²) >= 11 is 0. The van der Waals surface area contributed by atoms with Crippen molar-refractivity contribution in [2.45, 2.75) is 6.92 Å². The summed E-state index contributed by atoms with van der Waals surface area (Å²) < 4.78 is 0. The topological polar surface area (TPSA) is 63.3 Å². The van der Waals surface area contributed by atoms with E-state index in [1.54, 1.807) is 24.3 Å². The van der Waals surface area contributed by atoms with Crippen molar-refractivity contribution in [3.63, 3.8) is 0 Å². The SMILES string of the molecule is Cc1ccc(-c2c(O)ccc3cc(C(N)=O)ccc23)cc1. The van der Waals surface area contributed by atoms with Crippen molar-refractivity contribution in [3.05, 3.63) is 65.7 Å². The Morgan fingerprint density at radius 3 is 2.38 bits per heavy atom. The van der Waals surface area contributed by atoms with Gasteiger partial charge in [0, 0.05) is 11.1 Å². The lowest BCUT2D eigenvalue weighted by atomic mass is 9.95. The first-order valence-electron chi connectivity index (χ1n) is 6.69. The van der Waals surface area contributed by atoms with E-state index in [0.29, 0.717) is 5.56 Å². The number of aromatic hydroxyl groups is 1. The summed E-state index contributed by atoms with van der Waals surface area (Å²) in [4.78, 5) is 11.3. The van der Waals surface area contributed by atoms with E-state index in [1.807, 2.05) is 37.3 Å². The molecule has 0 radical (unpaired) electrons. The average molecular weight is 277 g/mol. The summed E-state index contributed by atoms with van der Waals surface area (Å²) in [5, 5.41) is 12.0. The Balaban J connectivity index is 2.28. The first kappa shape index (κ1) is 13.2. The lowest BCUT2D eigenvalue weighted by Crippen LogP contribution is -2.10. The third-order valence-corrected chi connectivity index (χ3v) is 3.62. The Morgan fingerprint density at radius 2 is 1.71 bits per heavy atom. The van der Waals surface area contributed by atoms with Crippen LogP contribution in [0.2, 0.25) is 0 Å². The van der Waals surface area contributed by atoms with E-state index in [4.69, 9.17) is 5.73 Å². The molecule has 1 amide bonds. The second kappa shape index (κ2) is 4.94. The maximum absolute atomic E-state index is 11.3. The number of phenolic OH excluding ortho intramolecular Hbond substituents is 1. The summed E-state index contributed by atoms with van der Waals surface area (Å²) in [6, 6.07) is 16.6. The van der Waals surface area contributed by atoms with Crippen molar-refractivity contribution in [2.75, 3.05) is 0 Å². The van der Waals surface area contributed by atoms with Gasteiger partial charge >= 0.3 is 0 Å². The van der Waals surface area contributed by atoms with Crippen LogP contribution in [0.3, 0.4) is 0 Å². The third kappa shape index (κ3) is 2.34. The molecule has 0 unspecified atom stereocenters. The average Bonchev–Trinajstić information content (AvgIpc) is 2.48. The monoisotopic (exact) mass is 277 g/mol. The van der Waals surface area contributed by atoms with Crippen LogP contribution in [-0.4, -0.2) is 11.0 Å². The first-order chi connectivity index (χ1) is 10.1. The molecule has 0 saturated carbocycles. The zero-order chi connectivity index (χ0) is 15.0. The molecule has 0 fully saturated rings. The van der Waals surface area contributed by atoms with Crippen LogP contribution < -0.4 is 5.73 Å².